The number of carbonyl (C=O) groups excluding carboxylic acids is 1. The third kappa shape index (κ3) is 5.97. The standard InChI is InChI=1S/C16H18ClNO3S2/c1-12(13-5-3-2-4-6-13)18-16(19)9-10-23(20,21)11-14-7-8-15(17)22-14/h2-8,12H,9-11H2,1H3,(H,18,19). The summed E-state index contributed by atoms with van der Waals surface area (Å²) in [6.07, 6.45) is -0.0430. The fourth-order valence-corrected chi connectivity index (χ4v) is 4.93. The highest BCUT2D eigenvalue weighted by Crippen LogP contribution is 2.23. The SMILES string of the molecule is CC(NC(=O)CCS(=O)(=O)Cc1ccc(Cl)s1)c1ccccc1. The molecule has 1 amide bonds. The van der Waals surface area contributed by atoms with Gasteiger partial charge in [-0.25, -0.2) is 8.42 Å². The molecule has 4 nitrogen and oxygen atoms in total. The zero-order valence-corrected chi connectivity index (χ0v) is 15.0. The molecule has 1 atom stereocenters. The van der Waals surface area contributed by atoms with Gasteiger partial charge >= 0.3 is 0 Å². The maximum absolute atomic E-state index is 12.1. The first-order valence-electron chi connectivity index (χ1n) is 7.15. The van der Waals surface area contributed by atoms with Gasteiger partial charge < -0.3 is 5.32 Å². The molecule has 0 aliphatic heterocycles. The molecule has 0 spiro atoms. The van der Waals surface area contributed by atoms with Crippen LogP contribution >= 0.6 is 22.9 Å². The van der Waals surface area contributed by atoms with Crippen molar-refractivity contribution in [3.05, 3.63) is 57.2 Å². The fraction of sp³-hybridized carbons (Fsp3) is 0.312. The molecule has 0 saturated carbocycles. The van der Waals surface area contributed by atoms with Crippen LogP contribution in [0.3, 0.4) is 0 Å². The Morgan fingerprint density at radius 3 is 2.52 bits per heavy atom. The second-order valence-corrected chi connectivity index (χ2v) is 9.23. The third-order valence-corrected chi connectivity index (χ3v) is 6.30. The van der Waals surface area contributed by atoms with Gasteiger partial charge in [0.25, 0.3) is 0 Å². The lowest BCUT2D eigenvalue weighted by Gasteiger charge is -2.14. The molecule has 1 aromatic carbocycles. The van der Waals surface area contributed by atoms with Gasteiger partial charge in [-0.2, -0.15) is 0 Å². The summed E-state index contributed by atoms with van der Waals surface area (Å²) in [7, 11) is -3.33. The number of hydrogen-bond donors (Lipinski definition) is 1. The fourth-order valence-electron chi connectivity index (χ4n) is 2.11. The first kappa shape index (κ1) is 18.0. The van der Waals surface area contributed by atoms with Gasteiger partial charge in [-0.1, -0.05) is 41.9 Å². The lowest BCUT2D eigenvalue weighted by molar-refractivity contribution is -0.121. The van der Waals surface area contributed by atoms with Crippen LogP contribution in [0.4, 0.5) is 0 Å². The van der Waals surface area contributed by atoms with E-state index in [1.807, 2.05) is 37.3 Å². The van der Waals surface area contributed by atoms with E-state index in [-0.39, 0.29) is 29.9 Å². The minimum atomic E-state index is -3.33. The Balaban J connectivity index is 1.83. The van der Waals surface area contributed by atoms with Crippen molar-refractivity contribution in [3.63, 3.8) is 0 Å². The number of amides is 1. The van der Waals surface area contributed by atoms with Crippen molar-refractivity contribution in [1.29, 1.82) is 0 Å². The minimum Gasteiger partial charge on any atom is -0.350 e. The summed E-state index contributed by atoms with van der Waals surface area (Å²) in [6.45, 7) is 1.87. The zero-order chi connectivity index (χ0) is 16.9. The number of halogens is 1. The highest BCUT2D eigenvalue weighted by Gasteiger charge is 2.17. The van der Waals surface area contributed by atoms with Crippen LogP contribution in [-0.2, 0) is 20.4 Å². The van der Waals surface area contributed by atoms with E-state index in [0.29, 0.717) is 9.21 Å². The average Bonchev–Trinajstić information content (AvgIpc) is 2.90. The summed E-state index contributed by atoms with van der Waals surface area (Å²) in [5.41, 5.74) is 0.983. The number of carbonyl (C=O) groups is 1. The molecule has 0 radical (unpaired) electrons. The van der Waals surface area contributed by atoms with Crippen molar-refractivity contribution < 1.29 is 13.2 Å². The van der Waals surface area contributed by atoms with Crippen LogP contribution in [-0.4, -0.2) is 20.1 Å². The average molecular weight is 372 g/mol. The molecule has 7 heteroatoms. The molecule has 1 unspecified atom stereocenters. The first-order chi connectivity index (χ1) is 10.9. The van der Waals surface area contributed by atoms with E-state index in [1.165, 1.54) is 11.3 Å². The highest BCUT2D eigenvalue weighted by atomic mass is 35.5. The van der Waals surface area contributed by atoms with Gasteiger partial charge in [0, 0.05) is 11.3 Å². The van der Waals surface area contributed by atoms with E-state index >= 15 is 0 Å². The third-order valence-electron chi connectivity index (χ3n) is 3.31. The number of hydrogen-bond acceptors (Lipinski definition) is 4. The second-order valence-electron chi connectivity index (χ2n) is 5.25. The van der Waals surface area contributed by atoms with E-state index in [0.717, 1.165) is 5.56 Å². The molecule has 0 fully saturated rings. The molecule has 0 aliphatic rings. The largest absolute Gasteiger partial charge is 0.350 e. The molecular weight excluding hydrogens is 354 g/mol. The Morgan fingerprint density at radius 2 is 1.91 bits per heavy atom. The maximum atomic E-state index is 12.1. The molecule has 0 saturated heterocycles. The summed E-state index contributed by atoms with van der Waals surface area (Å²) in [5.74, 6) is -0.518. The molecule has 23 heavy (non-hydrogen) atoms. The molecule has 1 heterocycles. The van der Waals surface area contributed by atoms with E-state index in [4.69, 9.17) is 11.6 Å². The van der Waals surface area contributed by atoms with Crippen LogP contribution in [0.15, 0.2) is 42.5 Å². The maximum Gasteiger partial charge on any atom is 0.221 e. The zero-order valence-electron chi connectivity index (χ0n) is 12.7. The number of benzene rings is 1. The van der Waals surface area contributed by atoms with Crippen LogP contribution < -0.4 is 5.32 Å². The van der Waals surface area contributed by atoms with E-state index < -0.39 is 9.84 Å². The predicted octanol–water partition coefficient (Wildman–Crippen LogP) is 3.58. The number of thiophene rings is 1. The van der Waals surface area contributed by atoms with Crippen molar-refractivity contribution in [1.82, 2.24) is 5.32 Å². The molecular formula is C16H18ClNO3S2. The van der Waals surface area contributed by atoms with Crippen LogP contribution in [0.25, 0.3) is 0 Å². The lowest BCUT2D eigenvalue weighted by atomic mass is 10.1. The predicted molar refractivity (Wildman–Crippen MR) is 94.4 cm³/mol. The summed E-state index contributed by atoms with van der Waals surface area (Å²) in [5, 5.41) is 2.81. The van der Waals surface area contributed by atoms with Gasteiger partial charge in [0.2, 0.25) is 5.91 Å². The second kappa shape index (κ2) is 7.95. The Kier molecular flexibility index (Phi) is 6.21. The highest BCUT2D eigenvalue weighted by molar-refractivity contribution is 7.90. The van der Waals surface area contributed by atoms with Gasteiger partial charge in [-0.3, -0.25) is 4.79 Å². The molecule has 1 N–H and O–H groups in total. The molecule has 0 bridgehead atoms. The quantitative estimate of drug-likeness (QED) is 0.809. The van der Waals surface area contributed by atoms with Crippen LogP contribution in [0.5, 0.6) is 0 Å². The Hall–Kier alpha value is -1.37. The van der Waals surface area contributed by atoms with Gasteiger partial charge in [0.1, 0.15) is 0 Å². The van der Waals surface area contributed by atoms with Crippen molar-refractivity contribution in [2.75, 3.05) is 5.75 Å². The Labute approximate surface area is 145 Å². The van der Waals surface area contributed by atoms with Crippen molar-refractivity contribution >= 4 is 38.7 Å². The van der Waals surface area contributed by atoms with Crippen molar-refractivity contribution in [2.24, 2.45) is 0 Å². The van der Waals surface area contributed by atoms with E-state index in [1.54, 1.807) is 12.1 Å². The Morgan fingerprint density at radius 1 is 1.22 bits per heavy atom. The molecule has 1 aromatic heterocycles. The topological polar surface area (TPSA) is 63.2 Å². The lowest BCUT2D eigenvalue weighted by Crippen LogP contribution is -2.28. The molecule has 124 valence electrons. The van der Waals surface area contributed by atoms with E-state index in [9.17, 15) is 13.2 Å². The van der Waals surface area contributed by atoms with Gasteiger partial charge in [-0.15, -0.1) is 11.3 Å². The number of nitrogens with one attached hydrogen (secondary N) is 1. The monoisotopic (exact) mass is 371 g/mol. The summed E-state index contributed by atoms with van der Waals surface area (Å²) >= 11 is 7.03. The van der Waals surface area contributed by atoms with E-state index in [2.05, 4.69) is 5.32 Å². The van der Waals surface area contributed by atoms with Gasteiger partial charge in [-0.05, 0) is 24.6 Å². The van der Waals surface area contributed by atoms with Crippen LogP contribution in [0, 0.1) is 0 Å². The minimum absolute atomic E-state index is 0.0430. The van der Waals surface area contributed by atoms with Gasteiger partial charge in [0.15, 0.2) is 9.84 Å². The number of rotatable bonds is 7. The van der Waals surface area contributed by atoms with Crippen LogP contribution in [0.1, 0.15) is 29.8 Å². The smallest absolute Gasteiger partial charge is 0.221 e. The molecule has 0 aliphatic carbocycles. The Bertz CT molecular complexity index is 757. The van der Waals surface area contributed by atoms with Gasteiger partial charge in [0.05, 0.1) is 21.9 Å². The van der Waals surface area contributed by atoms with Crippen molar-refractivity contribution in [3.8, 4) is 0 Å². The normalized spacial score (nSPS) is 12.8. The summed E-state index contributed by atoms with van der Waals surface area (Å²) in [6, 6.07) is 12.8. The summed E-state index contributed by atoms with van der Waals surface area (Å²) < 4.78 is 24.7. The van der Waals surface area contributed by atoms with Crippen LogP contribution in [0.2, 0.25) is 4.34 Å². The van der Waals surface area contributed by atoms with Crippen molar-refractivity contribution in [2.45, 2.75) is 25.1 Å². The first-order valence-corrected chi connectivity index (χ1v) is 10.2. The number of sulfone groups is 1. The molecule has 2 rings (SSSR count). The molecule has 2 aromatic rings. The summed E-state index contributed by atoms with van der Waals surface area (Å²) in [4.78, 5) is 12.6.